The Kier molecular flexibility index (Phi) is 10.4. The van der Waals surface area contributed by atoms with Crippen LogP contribution in [0.25, 0.3) is 22.2 Å². The average molecular weight is 625 g/mol. The summed E-state index contributed by atoms with van der Waals surface area (Å²) in [5, 5.41) is 4.16. The highest BCUT2D eigenvalue weighted by Crippen LogP contribution is 2.45. The van der Waals surface area contributed by atoms with Crippen molar-refractivity contribution in [3.05, 3.63) is 86.3 Å². The number of allylic oxidation sites excluding steroid dienone is 1. The zero-order valence-electron chi connectivity index (χ0n) is 25.1. The van der Waals surface area contributed by atoms with E-state index in [9.17, 15) is 9.59 Å². The quantitative estimate of drug-likeness (QED) is 0.195. The Labute approximate surface area is 261 Å². The topological polar surface area (TPSA) is 98.6 Å². The molecule has 0 fully saturated rings. The highest BCUT2D eigenvalue weighted by atomic mass is 35.5. The summed E-state index contributed by atoms with van der Waals surface area (Å²) >= 11 is 13.4. The van der Waals surface area contributed by atoms with E-state index >= 15 is 0 Å². The molecule has 0 bridgehead atoms. The third-order valence-electron chi connectivity index (χ3n) is 6.57. The SMILES string of the molecule is COc1cc(OC)c(Cl)c(-c2cc3cnc(NC(C)C)nc3n(Cc3cccc(CC(=O)/C=C/CN(C)C)c3)c2=O)c1Cl. The summed E-state index contributed by atoms with van der Waals surface area (Å²) in [6.07, 6.45) is 5.34. The molecule has 4 aromatic rings. The van der Waals surface area contributed by atoms with Crippen molar-refractivity contribution < 1.29 is 14.3 Å². The van der Waals surface area contributed by atoms with Crippen molar-refractivity contribution >= 4 is 46.0 Å². The number of methoxy groups -OCH3 is 2. The van der Waals surface area contributed by atoms with Crippen LogP contribution in [0.4, 0.5) is 5.95 Å². The number of ketones is 1. The Balaban J connectivity index is 1.86. The van der Waals surface area contributed by atoms with E-state index < -0.39 is 0 Å². The van der Waals surface area contributed by atoms with E-state index in [4.69, 9.17) is 37.7 Å². The number of rotatable bonds is 12. The van der Waals surface area contributed by atoms with Crippen molar-refractivity contribution in [2.45, 2.75) is 32.9 Å². The van der Waals surface area contributed by atoms with Gasteiger partial charge in [-0.1, -0.05) is 53.5 Å². The van der Waals surface area contributed by atoms with E-state index in [0.29, 0.717) is 35.0 Å². The number of fused-ring (bicyclic) bond motifs is 1. The van der Waals surface area contributed by atoms with E-state index in [-0.39, 0.29) is 51.5 Å². The van der Waals surface area contributed by atoms with Gasteiger partial charge >= 0.3 is 0 Å². The second-order valence-electron chi connectivity index (χ2n) is 10.6. The molecule has 0 unspecified atom stereocenters. The second kappa shape index (κ2) is 14.0. The Morgan fingerprint density at radius 3 is 2.37 bits per heavy atom. The van der Waals surface area contributed by atoms with Crippen LogP contribution in [0.1, 0.15) is 25.0 Å². The lowest BCUT2D eigenvalue weighted by atomic mass is 10.0. The number of pyridine rings is 1. The Bertz CT molecular complexity index is 1710. The number of benzene rings is 2. The minimum atomic E-state index is -0.367. The molecule has 0 aliphatic heterocycles. The smallest absolute Gasteiger partial charge is 0.260 e. The molecule has 2 aromatic carbocycles. The summed E-state index contributed by atoms with van der Waals surface area (Å²) in [6.45, 7) is 4.82. The molecule has 0 saturated heterocycles. The molecule has 226 valence electrons. The number of aromatic nitrogens is 3. The molecule has 2 heterocycles. The summed E-state index contributed by atoms with van der Waals surface area (Å²) in [5.41, 5.74) is 2.25. The second-order valence-corrected chi connectivity index (χ2v) is 11.4. The molecule has 4 rings (SSSR count). The predicted octanol–water partition coefficient (Wildman–Crippen LogP) is 5.88. The standard InChI is InChI=1S/C32H35Cl2N5O4/c1-19(2)36-32-35-17-22-15-24(27-28(33)25(42-5)16-26(43-6)29(27)34)31(41)39(30(22)37-32)18-21-10-7-9-20(13-21)14-23(40)11-8-12-38(3)4/h7-11,13,15-17,19H,12,14,18H2,1-6H3,(H,35,36,37)/b11-8+. The van der Waals surface area contributed by atoms with Crippen molar-refractivity contribution in [2.75, 3.05) is 40.2 Å². The normalized spacial score (nSPS) is 11.6. The van der Waals surface area contributed by atoms with Gasteiger partial charge < -0.3 is 19.7 Å². The van der Waals surface area contributed by atoms with E-state index in [1.54, 1.807) is 29.0 Å². The van der Waals surface area contributed by atoms with Gasteiger partial charge in [-0.15, -0.1) is 0 Å². The summed E-state index contributed by atoms with van der Waals surface area (Å²) in [7, 11) is 6.84. The monoisotopic (exact) mass is 623 g/mol. The van der Waals surface area contributed by atoms with Gasteiger partial charge in [0.2, 0.25) is 5.95 Å². The maximum Gasteiger partial charge on any atom is 0.260 e. The van der Waals surface area contributed by atoms with Crippen LogP contribution >= 0.6 is 23.2 Å². The maximum absolute atomic E-state index is 14.3. The number of carbonyl (C=O) groups is 1. The third-order valence-corrected chi connectivity index (χ3v) is 7.32. The molecule has 2 aromatic heterocycles. The molecule has 0 aliphatic rings. The van der Waals surface area contributed by atoms with Crippen LogP contribution in [-0.4, -0.2) is 66.1 Å². The predicted molar refractivity (Wildman–Crippen MR) is 173 cm³/mol. The molecule has 9 nitrogen and oxygen atoms in total. The number of halogens is 2. The van der Waals surface area contributed by atoms with Crippen LogP contribution in [0.2, 0.25) is 10.0 Å². The van der Waals surface area contributed by atoms with Crippen LogP contribution in [-0.2, 0) is 17.8 Å². The molecule has 1 N–H and O–H groups in total. The van der Waals surface area contributed by atoms with Crippen molar-refractivity contribution in [1.29, 1.82) is 0 Å². The van der Waals surface area contributed by atoms with Crippen LogP contribution < -0.4 is 20.3 Å². The first kappa shape index (κ1) is 32.0. The number of hydrogen-bond donors (Lipinski definition) is 1. The first-order valence-electron chi connectivity index (χ1n) is 13.7. The summed E-state index contributed by atoms with van der Waals surface area (Å²) in [6, 6.07) is 10.9. The molecule has 0 atom stereocenters. The highest BCUT2D eigenvalue weighted by molar-refractivity contribution is 6.41. The lowest BCUT2D eigenvalue weighted by Gasteiger charge is -2.18. The van der Waals surface area contributed by atoms with Crippen LogP contribution in [0.5, 0.6) is 11.5 Å². The Morgan fingerprint density at radius 2 is 1.74 bits per heavy atom. The van der Waals surface area contributed by atoms with E-state index in [1.165, 1.54) is 14.2 Å². The molecule has 11 heteroatoms. The highest BCUT2D eigenvalue weighted by Gasteiger charge is 2.23. The molecule has 0 radical (unpaired) electrons. The number of carbonyl (C=O) groups excluding carboxylic acids is 1. The summed E-state index contributed by atoms with van der Waals surface area (Å²) in [5.74, 6) is 1.02. The molecule has 0 spiro atoms. The zero-order chi connectivity index (χ0) is 31.3. The van der Waals surface area contributed by atoms with Crippen molar-refractivity contribution in [2.24, 2.45) is 0 Å². The molecule has 0 amide bonds. The summed E-state index contributed by atoms with van der Waals surface area (Å²) < 4.78 is 12.5. The van der Waals surface area contributed by atoms with Gasteiger partial charge in [-0.2, -0.15) is 4.98 Å². The Hall–Kier alpha value is -3.92. The first-order valence-corrected chi connectivity index (χ1v) is 14.5. The van der Waals surface area contributed by atoms with Gasteiger partial charge in [-0.3, -0.25) is 14.2 Å². The minimum Gasteiger partial charge on any atom is -0.495 e. The number of hydrogen-bond acceptors (Lipinski definition) is 8. The van der Waals surface area contributed by atoms with Crippen LogP contribution in [0, 0.1) is 0 Å². The molecule has 0 saturated carbocycles. The van der Waals surface area contributed by atoms with Gasteiger partial charge in [-0.25, -0.2) is 4.98 Å². The van der Waals surface area contributed by atoms with Crippen LogP contribution in [0.3, 0.4) is 0 Å². The van der Waals surface area contributed by atoms with Gasteiger partial charge in [0.1, 0.15) is 17.1 Å². The van der Waals surface area contributed by atoms with E-state index in [0.717, 1.165) is 11.1 Å². The van der Waals surface area contributed by atoms with Crippen LogP contribution in [0.15, 0.2) is 59.5 Å². The number of likely N-dealkylation sites (N-methyl/N-ethyl adjacent to an activating group) is 1. The lowest BCUT2D eigenvalue weighted by Crippen LogP contribution is -2.24. The van der Waals surface area contributed by atoms with Gasteiger partial charge in [-0.05, 0) is 51.2 Å². The fourth-order valence-corrected chi connectivity index (χ4v) is 5.31. The fourth-order valence-electron chi connectivity index (χ4n) is 4.61. The Morgan fingerprint density at radius 1 is 1.07 bits per heavy atom. The van der Waals surface area contributed by atoms with Crippen molar-refractivity contribution in [1.82, 2.24) is 19.4 Å². The van der Waals surface area contributed by atoms with Crippen molar-refractivity contribution in [3.63, 3.8) is 0 Å². The van der Waals surface area contributed by atoms with Gasteiger partial charge in [0, 0.05) is 42.2 Å². The molecule has 43 heavy (non-hydrogen) atoms. The summed E-state index contributed by atoms with van der Waals surface area (Å²) in [4.78, 5) is 38.0. The maximum atomic E-state index is 14.3. The first-order chi connectivity index (χ1) is 20.5. The van der Waals surface area contributed by atoms with E-state index in [2.05, 4.69) is 10.3 Å². The molecular weight excluding hydrogens is 589 g/mol. The average Bonchev–Trinajstić information content (AvgIpc) is 2.95. The number of anilines is 1. The third kappa shape index (κ3) is 7.54. The van der Waals surface area contributed by atoms with Gasteiger partial charge in [0.25, 0.3) is 5.56 Å². The number of nitrogens with one attached hydrogen (secondary N) is 1. The van der Waals surface area contributed by atoms with Gasteiger partial charge in [0.15, 0.2) is 5.78 Å². The molecular formula is C32H35Cl2N5O4. The largest absolute Gasteiger partial charge is 0.495 e. The number of nitrogens with zero attached hydrogens (tertiary/aromatic N) is 4. The number of ether oxygens (including phenoxy) is 2. The van der Waals surface area contributed by atoms with Crippen molar-refractivity contribution in [3.8, 4) is 22.6 Å². The van der Waals surface area contributed by atoms with Gasteiger partial charge in [0.05, 0.1) is 36.4 Å². The minimum absolute atomic E-state index is 0.00277. The lowest BCUT2D eigenvalue weighted by molar-refractivity contribution is -0.114. The fraction of sp³-hybridized carbons (Fsp3) is 0.312. The molecule has 0 aliphatic carbocycles. The van der Waals surface area contributed by atoms with E-state index in [1.807, 2.05) is 63.2 Å². The zero-order valence-corrected chi connectivity index (χ0v) is 26.6.